The Balaban J connectivity index is 1.41. The number of hydrogen-bond donors (Lipinski definition) is 1. The molecule has 1 heterocycles. The molecule has 0 bridgehead atoms. The van der Waals surface area contributed by atoms with Crippen molar-refractivity contribution in [2.75, 3.05) is 18.9 Å². The normalized spacial score (nSPS) is 15.1. The predicted molar refractivity (Wildman–Crippen MR) is 112 cm³/mol. The lowest BCUT2D eigenvalue weighted by Gasteiger charge is -2.18. The van der Waals surface area contributed by atoms with Crippen LogP contribution in [0, 0.1) is 0 Å². The third-order valence-corrected chi connectivity index (χ3v) is 6.24. The van der Waals surface area contributed by atoms with Crippen LogP contribution >= 0.6 is 11.6 Å². The van der Waals surface area contributed by atoms with Crippen LogP contribution in [0.25, 0.3) is 0 Å². The molecule has 0 atom stereocenters. The minimum Gasteiger partial charge on any atom is -0.490 e. The Morgan fingerprint density at radius 3 is 2.68 bits per heavy atom. The standard InChI is InChI=1S/C21H26ClNO4S/c1-21(2)15-17-5-3-6-19(20(17)27-21)26-13-4-14-28(24,25)23-12-11-16-7-9-18(22)10-8-16/h3,5-10,23H,4,11-15H2,1-2H3. The molecule has 0 unspecified atom stereocenters. The van der Waals surface area contributed by atoms with Gasteiger partial charge in [-0.15, -0.1) is 0 Å². The van der Waals surface area contributed by atoms with Gasteiger partial charge in [0.1, 0.15) is 5.60 Å². The molecule has 0 aromatic heterocycles. The average molecular weight is 424 g/mol. The van der Waals surface area contributed by atoms with E-state index in [4.69, 9.17) is 21.1 Å². The van der Waals surface area contributed by atoms with Crippen molar-refractivity contribution in [2.45, 2.75) is 38.7 Å². The van der Waals surface area contributed by atoms with Crippen LogP contribution in [-0.2, 0) is 22.9 Å². The smallest absolute Gasteiger partial charge is 0.211 e. The highest BCUT2D eigenvalue weighted by Crippen LogP contribution is 2.41. The molecule has 2 aromatic rings. The monoisotopic (exact) mass is 423 g/mol. The summed E-state index contributed by atoms with van der Waals surface area (Å²) in [7, 11) is -3.33. The van der Waals surface area contributed by atoms with Crippen molar-refractivity contribution in [2.24, 2.45) is 0 Å². The zero-order valence-corrected chi connectivity index (χ0v) is 17.8. The second kappa shape index (κ2) is 8.72. The number of halogens is 1. The zero-order chi connectivity index (χ0) is 20.2. The molecule has 7 heteroatoms. The average Bonchev–Trinajstić information content (AvgIpc) is 2.95. The first-order valence-corrected chi connectivity index (χ1v) is 11.4. The van der Waals surface area contributed by atoms with Crippen LogP contribution < -0.4 is 14.2 Å². The first-order chi connectivity index (χ1) is 13.2. The Bertz CT molecular complexity index is 911. The summed E-state index contributed by atoms with van der Waals surface area (Å²) in [6.45, 7) is 4.76. The van der Waals surface area contributed by atoms with Crippen LogP contribution in [0.3, 0.4) is 0 Å². The van der Waals surface area contributed by atoms with E-state index in [1.165, 1.54) is 0 Å². The molecule has 2 aromatic carbocycles. The summed E-state index contributed by atoms with van der Waals surface area (Å²) in [6.07, 6.45) is 1.87. The van der Waals surface area contributed by atoms with E-state index in [-0.39, 0.29) is 11.4 Å². The predicted octanol–water partition coefficient (Wildman–Crippen LogP) is 3.98. The summed E-state index contributed by atoms with van der Waals surface area (Å²) in [6, 6.07) is 13.2. The third-order valence-electron chi connectivity index (χ3n) is 4.52. The number of benzene rings is 2. The van der Waals surface area contributed by atoms with Gasteiger partial charge < -0.3 is 9.47 Å². The highest BCUT2D eigenvalue weighted by atomic mass is 35.5. The Morgan fingerprint density at radius 1 is 1.18 bits per heavy atom. The van der Waals surface area contributed by atoms with E-state index in [0.29, 0.717) is 36.8 Å². The van der Waals surface area contributed by atoms with Crippen molar-refractivity contribution in [1.29, 1.82) is 0 Å². The first-order valence-electron chi connectivity index (χ1n) is 9.40. The van der Waals surface area contributed by atoms with Gasteiger partial charge in [-0.1, -0.05) is 35.9 Å². The second-order valence-corrected chi connectivity index (χ2v) is 9.94. The largest absolute Gasteiger partial charge is 0.490 e. The molecule has 5 nitrogen and oxygen atoms in total. The van der Waals surface area contributed by atoms with Crippen LogP contribution in [0.2, 0.25) is 5.02 Å². The molecule has 0 aliphatic carbocycles. The first kappa shape index (κ1) is 21.0. The van der Waals surface area contributed by atoms with E-state index in [2.05, 4.69) is 4.72 Å². The van der Waals surface area contributed by atoms with Crippen molar-refractivity contribution in [3.63, 3.8) is 0 Å². The van der Waals surface area contributed by atoms with Crippen LogP contribution in [0.15, 0.2) is 42.5 Å². The Labute approximate surface area is 172 Å². The van der Waals surface area contributed by atoms with Gasteiger partial charge in [0, 0.05) is 23.6 Å². The number of sulfonamides is 1. The van der Waals surface area contributed by atoms with Gasteiger partial charge in [-0.05, 0) is 50.5 Å². The van der Waals surface area contributed by atoms with E-state index >= 15 is 0 Å². The minimum absolute atomic E-state index is 0.0228. The summed E-state index contributed by atoms with van der Waals surface area (Å²) in [4.78, 5) is 0. The van der Waals surface area contributed by atoms with Gasteiger partial charge in [-0.3, -0.25) is 0 Å². The van der Waals surface area contributed by atoms with E-state index in [0.717, 1.165) is 23.3 Å². The lowest BCUT2D eigenvalue weighted by Crippen LogP contribution is -2.29. The van der Waals surface area contributed by atoms with Crippen molar-refractivity contribution in [3.05, 3.63) is 58.6 Å². The van der Waals surface area contributed by atoms with E-state index < -0.39 is 10.0 Å². The van der Waals surface area contributed by atoms with Gasteiger partial charge in [0.25, 0.3) is 0 Å². The van der Waals surface area contributed by atoms with Gasteiger partial charge in [-0.2, -0.15) is 0 Å². The molecule has 0 radical (unpaired) electrons. The molecule has 1 aliphatic heterocycles. The maximum absolute atomic E-state index is 12.1. The zero-order valence-electron chi connectivity index (χ0n) is 16.2. The third kappa shape index (κ3) is 5.87. The molecule has 28 heavy (non-hydrogen) atoms. The number of ether oxygens (including phenoxy) is 2. The maximum Gasteiger partial charge on any atom is 0.211 e. The fourth-order valence-electron chi connectivity index (χ4n) is 3.21. The van der Waals surface area contributed by atoms with Crippen molar-refractivity contribution in [1.82, 2.24) is 4.72 Å². The summed E-state index contributed by atoms with van der Waals surface area (Å²) in [5.74, 6) is 1.47. The molecule has 152 valence electrons. The fraction of sp³-hybridized carbons (Fsp3) is 0.429. The quantitative estimate of drug-likeness (QED) is 0.619. The van der Waals surface area contributed by atoms with Crippen LogP contribution in [0.1, 0.15) is 31.4 Å². The number of rotatable bonds is 9. The molecule has 0 spiro atoms. The highest BCUT2D eigenvalue weighted by molar-refractivity contribution is 7.89. The number of para-hydroxylation sites is 1. The van der Waals surface area contributed by atoms with Crippen molar-refractivity contribution >= 4 is 21.6 Å². The van der Waals surface area contributed by atoms with Gasteiger partial charge in [0.15, 0.2) is 11.5 Å². The molecule has 0 amide bonds. The molecule has 3 rings (SSSR count). The summed E-state index contributed by atoms with van der Waals surface area (Å²) in [5.41, 5.74) is 1.93. The SMILES string of the molecule is CC1(C)Cc2cccc(OCCCS(=O)(=O)NCCc3ccc(Cl)cc3)c2O1. The van der Waals surface area contributed by atoms with Crippen molar-refractivity contribution in [3.8, 4) is 11.5 Å². The highest BCUT2D eigenvalue weighted by Gasteiger charge is 2.32. The van der Waals surface area contributed by atoms with Gasteiger partial charge in [0.05, 0.1) is 12.4 Å². The lowest BCUT2D eigenvalue weighted by molar-refractivity contribution is 0.132. The molecule has 0 saturated heterocycles. The Morgan fingerprint density at radius 2 is 1.93 bits per heavy atom. The molecule has 0 fully saturated rings. The van der Waals surface area contributed by atoms with E-state index in [9.17, 15) is 8.42 Å². The molecule has 1 N–H and O–H groups in total. The molecular weight excluding hydrogens is 398 g/mol. The molecular formula is C21H26ClNO4S. The molecule has 1 aliphatic rings. The van der Waals surface area contributed by atoms with E-state index in [1.54, 1.807) is 12.1 Å². The van der Waals surface area contributed by atoms with Gasteiger partial charge >= 0.3 is 0 Å². The maximum atomic E-state index is 12.1. The number of fused-ring (bicyclic) bond motifs is 1. The van der Waals surface area contributed by atoms with Gasteiger partial charge in [0.2, 0.25) is 10.0 Å². The Kier molecular flexibility index (Phi) is 6.53. The van der Waals surface area contributed by atoms with Crippen LogP contribution in [-0.4, -0.2) is 32.9 Å². The summed E-state index contributed by atoms with van der Waals surface area (Å²) in [5, 5.41) is 0.669. The summed E-state index contributed by atoms with van der Waals surface area (Å²) < 4.78 is 38.7. The summed E-state index contributed by atoms with van der Waals surface area (Å²) >= 11 is 5.85. The second-order valence-electron chi connectivity index (χ2n) is 7.57. The number of nitrogens with one attached hydrogen (secondary N) is 1. The van der Waals surface area contributed by atoms with Crippen LogP contribution in [0.5, 0.6) is 11.5 Å². The fourth-order valence-corrected chi connectivity index (χ4v) is 4.39. The lowest BCUT2D eigenvalue weighted by atomic mass is 10.0. The van der Waals surface area contributed by atoms with Gasteiger partial charge in [-0.25, -0.2) is 13.1 Å². The Hall–Kier alpha value is -1.76. The van der Waals surface area contributed by atoms with Crippen molar-refractivity contribution < 1.29 is 17.9 Å². The molecule has 0 saturated carbocycles. The number of hydrogen-bond acceptors (Lipinski definition) is 4. The minimum atomic E-state index is -3.33. The van der Waals surface area contributed by atoms with E-state index in [1.807, 2.05) is 44.2 Å². The van der Waals surface area contributed by atoms with Crippen LogP contribution in [0.4, 0.5) is 0 Å². The topological polar surface area (TPSA) is 64.6 Å².